The molecule has 1 aromatic carbocycles. The quantitative estimate of drug-likeness (QED) is 0.885. The maximum absolute atomic E-state index is 5.98. The monoisotopic (exact) mass is 289 g/mol. The van der Waals surface area contributed by atoms with Crippen molar-refractivity contribution in [3.05, 3.63) is 24.3 Å². The van der Waals surface area contributed by atoms with Gasteiger partial charge in [-0.05, 0) is 31.4 Å². The van der Waals surface area contributed by atoms with E-state index in [2.05, 4.69) is 44.3 Å². The van der Waals surface area contributed by atoms with Crippen LogP contribution in [-0.4, -0.2) is 25.4 Å². The van der Waals surface area contributed by atoms with Gasteiger partial charge in [-0.25, -0.2) is 0 Å². The topological polar surface area (TPSA) is 30.5 Å². The molecule has 3 atom stereocenters. The van der Waals surface area contributed by atoms with Crippen molar-refractivity contribution in [3.63, 3.8) is 0 Å². The molecule has 1 saturated carbocycles. The standard InChI is InChI=1S/C18H27NO2/c1-4-11-20-15-10-6-5-9-14(15)19-16-13-8-7-12-21-17(13)18(16,2)3/h5-6,9-10,13,16-17,19H,4,7-8,11-12H2,1-3H3. The van der Waals surface area contributed by atoms with E-state index in [9.17, 15) is 0 Å². The largest absolute Gasteiger partial charge is 0.491 e. The summed E-state index contributed by atoms with van der Waals surface area (Å²) in [6, 6.07) is 8.75. The molecule has 1 aliphatic carbocycles. The van der Waals surface area contributed by atoms with Crippen molar-refractivity contribution in [1.29, 1.82) is 0 Å². The highest BCUT2D eigenvalue weighted by Gasteiger charge is 2.58. The molecule has 2 aliphatic rings. The van der Waals surface area contributed by atoms with Gasteiger partial charge in [-0.3, -0.25) is 0 Å². The number of rotatable bonds is 5. The van der Waals surface area contributed by atoms with Crippen LogP contribution in [0, 0.1) is 11.3 Å². The summed E-state index contributed by atoms with van der Waals surface area (Å²) in [6.07, 6.45) is 3.89. The van der Waals surface area contributed by atoms with Crippen molar-refractivity contribution < 1.29 is 9.47 Å². The number of ether oxygens (including phenoxy) is 2. The van der Waals surface area contributed by atoms with E-state index in [-0.39, 0.29) is 5.41 Å². The number of hydrogen-bond acceptors (Lipinski definition) is 3. The van der Waals surface area contributed by atoms with E-state index in [4.69, 9.17) is 9.47 Å². The summed E-state index contributed by atoms with van der Waals surface area (Å²) >= 11 is 0. The maximum Gasteiger partial charge on any atom is 0.142 e. The zero-order valence-corrected chi connectivity index (χ0v) is 13.4. The van der Waals surface area contributed by atoms with Gasteiger partial charge in [0.15, 0.2) is 0 Å². The number of benzene rings is 1. The van der Waals surface area contributed by atoms with Crippen LogP contribution in [0.15, 0.2) is 24.3 Å². The van der Waals surface area contributed by atoms with Gasteiger partial charge in [0.25, 0.3) is 0 Å². The van der Waals surface area contributed by atoms with Crippen molar-refractivity contribution >= 4 is 5.69 Å². The second-order valence-electron chi connectivity index (χ2n) is 6.89. The molecular formula is C18H27NO2. The summed E-state index contributed by atoms with van der Waals surface area (Å²) in [5.74, 6) is 1.60. The summed E-state index contributed by atoms with van der Waals surface area (Å²) in [4.78, 5) is 0. The van der Waals surface area contributed by atoms with Gasteiger partial charge in [0.2, 0.25) is 0 Å². The number of para-hydroxylation sites is 2. The highest BCUT2D eigenvalue weighted by Crippen LogP contribution is 2.52. The molecule has 0 radical (unpaired) electrons. The molecule has 21 heavy (non-hydrogen) atoms. The first-order valence-corrected chi connectivity index (χ1v) is 8.24. The minimum Gasteiger partial charge on any atom is -0.491 e. The Morgan fingerprint density at radius 2 is 2.14 bits per heavy atom. The minimum absolute atomic E-state index is 0.183. The van der Waals surface area contributed by atoms with Crippen LogP contribution in [0.3, 0.4) is 0 Å². The molecule has 3 heteroatoms. The Morgan fingerprint density at radius 1 is 1.33 bits per heavy atom. The Morgan fingerprint density at radius 3 is 2.95 bits per heavy atom. The van der Waals surface area contributed by atoms with Gasteiger partial charge < -0.3 is 14.8 Å². The van der Waals surface area contributed by atoms with E-state index in [1.54, 1.807) is 0 Å². The predicted octanol–water partition coefficient (Wildman–Crippen LogP) is 4.09. The lowest BCUT2D eigenvalue weighted by Crippen LogP contribution is -2.67. The fraction of sp³-hybridized carbons (Fsp3) is 0.667. The first-order valence-electron chi connectivity index (χ1n) is 8.24. The zero-order valence-electron chi connectivity index (χ0n) is 13.4. The molecule has 1 aromatic rings. The molecule has 2 fully saturated rings. The Labute approximate surface area is 128 Å². The molecule has 3 unspecified atom stereocenters. The second kappa shape index (κ2) is 5.88. The van der Waals surface area contributed by atoms with Crippen molar-refractivity contribution in [2.24, 2.45) is 11.3 Å². The third kappa shape index (κ3) is 2.64. The lowest BCUT2D eigenvalue weighted by Gasteiger charge is -2.60. The van der Waals surface area contributed by atoms with Crippen molar-refractivity contribution in [2.75, 3.05) is 18.5 Å². The highest BCUT2D eigenvalue weighted by molar-refractivity contribution is 5.57. The SMILES string of the molecule is CCCOc1ccccc1NC1C2CCCOC2C1(C)C. The summed E-state index contributed by atoms with van der Waals surface area (Å²) in [7, 11) is 0. The Bertz CT molecular complexity index is 486. The summed E-state index contributed by atoms with van der Waals surface area (Å²) in [5, 5.41) is 3.74. The van der Waals surface area contributed by atoms with Crippen LogP contribution in [0.2, 0.25) is 0 Å². The molecular weight excluding hydrogens is 262 g/mol. The fourth-order valence-electron chi connectivity index (χ4n) is 3.91. The molecule has 1 N–H and O–H groups in total. The summed E-state index contributed by atoms with van der Waals surface area (Å²) < 4.78 is 11.9. The van der Waals surface area contributed by atoms with E-state index in [0.29, 0.717) is 18.1 Å². The number of anilines is 1. The number of fused-ring (bicyclic) bond motifs is 1. The lowest BCUT2D eigenvalue weighted by molar-refractivity contribution is -0.177. The average Bonchev–Trinajstić information content (AvgIpc) is 2.51. The Hall–Kier alpha value is -1.22. The molecule has 1 saturated heterocycles. The molecule has 116 valence electrons. The summed E-state index contributed by atoms with van der Waals surface area (Å²) in [5.41, 5.74) is 1.30. The van der Waals surface area contributed by atoms with Crippen LogP contribution < -0.4 is 10.1 Å². The normalized spacial score (nSPS) is 30.1. The van der Waals surface area contributed by atoms with Crippen LogP contribution in [-0.2, 0) is 4.74 Å². The van der Waals surface area contributed by atoms with Gasteiger partial charge in [-0.1, -0.05) is 32.9 Å². The van der Waals surface area contributed by atoms with Crippen molar-refractivity contribution in [3.8, 4) is 5.75 Å². The molecule has 1 aliphatic heterocycles. The van der Waals surface area contributed by atoms with Crippen molar-refractivity contribution in [2.45, 2.75) is 52.2 Å². The van der Waals surface area contributed by atoms with E-state index in [1.165, 1.54) is 12.8 Å². The van der Waals surface area contributed by atoms with Crippen LogP contribution in [0.1, 0.15) is 40.0 Å². The first-order chi connectivity index (χ1) is 10.1. The smallest absolute Gasteiger partial charge is 0.142 e. The van der Waals surface area contributed by atoms with Gasteiger partial charge in [0, 0.05) is 24.0 Å². The van der Waals surface area contributed by atoms with Crippen LogP contribution in [0.25, 0.3) is 0 Å². The van der Waals surface area contributed by atoms with Gasteiger partial charge in [-0.15, -0.1) is 0 Å². The van der Waals surface area contributed by atoms with Crippen LogP contribution in [0.4, 0.5) is 5.69 Å². The van der Waals surface area contributed by atoms with Crippen LogP contribution >= 0.6 is 0 Å². The molecule has 0 amide bonds. The Kier molecular flexibility index (Phi) is 4.12. The van der Waals surface area contributed by atoms with Gasteiger partial charge in [0.1, 0.15) is 5.75 Å². The van der Waals surface area contributed by atoms with Crippen LogP contribution in [0.5, 0.6) is 5.75 Å². The van der Waals surface area contributed by atoms with E-state index >= 15 is 0 Å². The van der Waals surface area contributed by atoms with E-state index in [0.717, 1.165) is 31.1 Å². The second-order valence-corrected chi connectivity index (χ2v) is 6.89. The Balaban J connectivity index is 1.74. The molecule has 0 spiro atoms. The molecule has 1 heterocycles. The first kappa shape index (κ1) is 14.7. The molecule has 0 bridgehead atoms. The van der Waals surface area contributed by atoms with Gasteiger partial charge in [0.05, 0.1) is 18.4 Å². The average molecular weight is 289 g/mol. The minimum atomic E-state index is 0.183. The predicted molar refractivity (Wildman–Crippen MR) is 85.9 cm³/mol. The lowest BCUT2D eigenvalue weighted by atomic mass is 9.55. The van der Waals surface area contributed by atoms with Gasteiger partial charge >= 0.3 is 0 Å². The third-order valence-electron chi connectivity index (χ3n) is 4.99. The van der Waals surface area contributed by atoms with Crippen molar-refractivity contribution in [1.82, 2.24) is 0 Å². The molecule has 0 aromatic heterocycles. The van der Waals surface area contributed by atoms with Gasteiger partial charge in [-0.2, -0.15) is 0 Å². The van der Waals surface area contributed by atoms with E-state index < -0.39 is 0 Å². The highest BCUT2D eigenvalue weighted by atomic mass is 16.5. The van der Waals surface area contributed by atoms with E-state index in [1.807, 2.05) is 6.07 Å². The molecule has 3 rings (SSSR count). The maximum atomic E-state index is 5.98. The molecule has 3 nitrogen and oxygen atoms in total. The summed E-state index contributed by atoms with van der Waals surface area (Å²) in [6.45, 7) is 8.45. The fourth-order valence-corrected chi connectivity index (χ4v) is 3.91. The number of nitrogens with one attached hydrogen (secondary N) is 1. The number of hydrogen-bond donors (Lipinski definition) is 1. The zero-order chi connectivity index (χ0) is 14.9. The third-order valence-corrected chi connectivity index (χ3v) is 4.99.